The van der Waals surface area contributed by atoms with Crippen LogP contribution in [0.4, 0.5) is 4.39 Å². The molecule has 0 amide bonds. The Balaban J connectivity index is 1.66. The molecule has 1 aliphatic rings. The van der Waals surface area contributed by atoms with Crippen molar-refractivity contribution in [3.05, 3.63) is 111 Å². The third-order valence-electron chi connectivity index (χ3n) is 4.49. The van der Waals surface area contributed by atoms with Crippen molar-refractivity contribution in [1.82, 2.24) is 0 Å². The molecule has 1 aliphatic carbocycles. The topological polar surface area (TPSA) is 21.6 Å². The molecule has 0 radical (unpaired) electrons. The maximum absolute atomic E-state index is 13.2. The normalized spacial score (nSPS) is 15.9. The summed E-state index contributed by atoms with van der Waals surface area (Å²) in [6.07, 6.45) is 2.67. The van der Waals surface area contributed by atoms with E-state index in [0.29, 0.717) is 18.1 Å². The first kappa shape index (κ1) is 17.5. The summed E-state index contributed by atoms with van der Waals surface area (Å²) in [6, 6.07) is 22.1. The van der Waals surface area contributed by atoms with Gasteiger partial charge in [-0.3, -0.25) is 0 Å². The van der Waals surface area contributed by atoms with E-state index in [-0.39, 0.29) is 5.82 Å². The van der Waals surface area contributed by atoms with E-state index < -0.39 is 0 Å². The van der Waals surface area contributed by atoms with Crippen LogP contribution in [0.3, 0.4) is 0 Å². The minimum atomic E-state index is -0.255. The minimum Gasteiger partial charge on any atom is -0.390 e. The molecular weight excluding hydrogens is 361 g/mol. The first-order chi connectivity index (χ1) is 13.2. The molecular formula is C23H17ClFNO. The lowest BCUT2D eigenvalue weighted by molar-refractivity contribution is 0.131. The van der Waals surface area contributed by atoms with Crippen LogP contribution in [0.1, 0.15) is 22.3 Å². The maximum atomic E-state index is 13.2. The first-order valence-electron chi connectivity index (χ1n) is 8.69. The van der Waals surface area contributed by atoms with Crippen LogP contribution in [0.25, 0.3) is 6.08 Å². The number of rotatable bonds is 4. The van der Waals surface area contributed by atoms with E-state index in [9.17, 15) is 4.39 Å². The van der Waals surface area contributed by atoms with Crippen LogP contribution in [-0.4, -0.2) is 5.71 Å². The molecule has 0 fully saturated rings. The fourth-order valence-corrected chi connectivity index (χ4v) is 3.38. The van der Waals surface area contributed by atoms with E-state index >= 15 is 0 Å². The highest BCUT2D eigenvalue weighted by Gasteiger charge is 2.25. The van der Waals surface area contributed by atoms with Gasteiger partial charge in [0.25, 0.3) is 0 Å². The summed E-state index contributed by atoms with van der Waals surface area (Å²) in [5.41, 5.74) is 5.74. The largest absolute Gasteiger partial charge is 0.390 e. The highest BCUT2D eigenvalue weighted by atomic mass is 35.5. The molecule has 0 saturated heterocycles. The smallest absolute Gasteiger partial charge is 0.142 e. The van der Waals surface area contributed by atoms with Crippen molar-refractivity contribution < 1.29 is 9.23 Å². The number of benzene rings is 3. The van der Waals surface area contributed by atoms with Crippen LogP contribution >= 0.6 is 11.6 Å². The zero-order valence-electron chi connectivity index (χ0n) is 14.5. The molecule has 4 heteroatoms. The number of hydrogen-bond acceptors (Lipinski definition) is 2. The van der Waals surface area contributed by atoms with Crippen molar-refractivity contribution >= 4 is 23.4 Å². The van der Waals surface area contributed by atoms with Crippen molar-refractivity contribution in [3.63, 3.8) is 0 Å². The lowest BCUT2D eigenvalue weighted by Gasteiger charge is -2.04. The molecule has 0 saturated carbocycles. The van der Waals surface area contributed by atoms with Crippen LogP contribution in [-0.2, 0) is 17.9 Å². The average molecular weight is 378 g/mol. The molecule has 3 aromatic rings. The van der Waals surface area contributed by atoms with Gasteiger partial charge in [0, 0.05) is 17.0 Å². The molecule has 0 bridgehead atoms. The second kappa shape index (κ2) is 7.77. The zero-order valence-corrected chi connectivity index (χ0v) is 15.3. The summed E-state index contributed by atoms with van der Waals surface area (Å²) in [7, 11) is 0. The van der Waals surface area contributed by atoms with Crippen LogP contribution in [0.15, 0.2) is 83.5 Å². The van der Waals surface area contributed by atoms with Crippen LogP contribution in [0.2, 0.25) is 5.02 Å². The molecule has 0 N–H and O–H groups in total. The van der Waals surface area contributed by atoms with E-state index in [0.717, 1.165) is 33.5 Å². The van der Waals surface area contributed by atoms with Crippen molar-refractivity contribution in [2.75, 3.05) is 0 Å². The molecule has 0 aromatic heterocycles. The number of fused-ring (bicyclic) bond motifs is 1. The summed E-state index contributed by atoms with van der Waals surface area (Å²) in [5, 5.41) is 5.13. The van der Waals surface area contributed by atoms with Crippen LogP contribution in [0.5, 0.6) is 0 Å². The molecule has 0 atom stereocenters. The van der Waals surface area contributed by atoms with Gasteiger partial charge in [0.15, 0.2) is 0 Å². The second-order valence-corrected chi connectivity index (χ2v) is 6.77. The van der Waals surface area contributed by atoms with Crippen molar-refractivity contribution in [2.24, 2.45) is 5.16 Å². The van der Waals surface area contributed by atoms with Gasteiger partial charge in [-0.05, 0) is 46.5 Å². The van der Waals surface area contributed by atoms with E-state index in [4.69, 9.17) is 16.4 Å². The van der Waals surface area contributed by atoms with Crippen LogP contribution < -0.4 is 0 Å². The number of allylic oxidation sites excluding steroid dienone is 1. The molecule has 134 valence electrons. The summed E-state index contributed by atoms with van der Waals surface area (Å²) < 4.78 is 13.2. The fraction of sp³-hybridized carbons (Fsp3) is 0.0870. The Morgan fingerprint density at radius 2 is 1.74 bits per heavy atom. The summed E-state index contributed by atoms with van der Waals surface area (Å²) >= 11 is 6.38. The lowest BCUT2D eigenvalue weighted by Crippen LogP contribution is -2.00. The highest BCUT2D eigenvalue weighted by Crippen LogP contribution is 2.33. The average Bonchev–Trinajstić information content (AvgIpc) is 3.03. The van der Waals surface area contributed by atoms with E-state index in [1.807, 2.05) is 54.6 Å². The third-order valence-corrected chi connectivity index (χ3v) is 4.84. The number of oxime groups is 1. The third kappa shape index (κ3) is 3.93. The Morgan fingerprint density at radius 3 is 2.52 bits per heavy atom. The molecule has 4 rings (SSSR count). The van der Waals surface area contributed by atoms with Crippen molar-refractivity contribution in [1.29, 1.82) is 0 Å². The number of hydrogen-bond donors (Lipinski definition) is 0. The highest BCUT2D eigenvalue weighted by molar-refractivity contribution is 6.33. The predicted octanol–water partition coefficient (Wildman–Crippen LogP) is 6.04. The molecule has 0 unspecified atom stereocenters. The summed E-state index contributed by atoms with van der Waals surface area (Å²) in [4.78, 5) is 5.63. The molecule has 2 nitrogen and oxygen atoms in total. The second-order valence-electron chi connectivity index (χ2n) is 6.36. The maximum Gasteiger partial charge on any atom is 0.142 e. The standard InChI is InChI=1S/C23H17ClFNO/c24-22-8-4-7-20-21(22)14-18(13-16-9-11-19(25)12-10-16)23(20)26-27-15-17-5-2-1-3-6-17/h1-13H,14-15H2/b18-13+,26-23-. The zero-order chi connectivity index (χ0) is 18.6. The van der Waals surface area contributed by atoms with Gasteiger partial charge in [-0.25, -0.2) is 4.39 Å². The Labute approximate surface area is 162 Å². The fourth-order valence-electron chi connectivity index (χ4n) is 3.14. The van der Waals surface area contributed by atoms with Gasteiger partial charge >= 0.3 is 0 Å². The molecule has 3 aromatic carbocycles. The molecule has 0 heterocycles. The number of halogens is 2. The first-order valence-corrected chi connectivity index (χ1v) is 9.06. The van der Waals surface area contributed by atoms with Gasteiger partial charge in [0.2, 0.25) is 0 Å². The molecule has 0 spiro atoms. The van der Waals surface area contributed by atoms with E-state index in [1.54, 1.807) is 12.1 Å². The Bertz CT molecular complexity index is 1010. The lowest BCUT2D eigenvalue weighted by atomic mass is 10.1. The van der Waals surface area contributed by atoms with Gasteiger partial charge in [-0.1, -0.05) is 71.4 Å². The van der Waals surface area contributed by atoms with Gasteiger partial charge < -0.3 is 4.84 Å². The Kier molecular flexibility index (Phi) is 5.03. The van der Waals surface area contributed by atoms with E-state index in [1.165, 1.54) is 12.1 Å². The van der Waals surface area contributed by atoms with Gasteiger partial charge in [-0.15, -0.1) is 0 Å². The quantitative estimate of drug-likeness (QED) is 0.508. The van der Waals surface area contributed by atoms with E-state index in [2.05, 4.69) is 5.16 Å². The number of nitrogens with zero attached hydrogens (tertiary/aromatic N) is 1. The predicted molar refractivity (Wildman–Crippen MR) is 107 cm³/mol. The van der Waals surface area contributed by atoms with Gasteiger partial charge in [-0.2, -0.15) is 0 Å². The summed E-state index contributed by atoms with van der Waals surface area (Å²) in [6.45, 7) is 0.393. The molecule has 0 aliphatic heterocycles. The SMILES string of the molecule is Fc1ccc(/C=C2\Cc3c(Cl)cccc3\C2=N/OCc2ccccc2)cc1. The monoisotopic (exact) mass is 377 g/mol. The minimum absolute atomic E-state index is 0.255. The Morgan fingerprint density at radius 1 is 0.963 bits per heavy atom. The van der Waals surface area contributed by atoms with Gasteiger partial charge in [0.05, 0.1) is 0 Å². The van der Waals surface area contributed by atoms with Crippen LogP contribution in [0, 0.1) is 5.82 Å². The molecule has 27 heavy (non-hydrogen) atoms. The van der Waals surface area contributed by atoms with Crippen molar-refractivity contribution in [3.8, 4) is 0 Å². The Hall–Kier alpha value is -2.91. The van der Waals surface area contributed by atoms with Gasteiger partial charge in [0.1, 0.15) is 18.1 Å². The van der Waals surface area contributed by atoms with Crippen molar-refractivity contribution in [2.45, 2.75) is 13.0 Å². The summed E-state index contributed by atoms with van der Waals surface area (Å²) in [5.74, 6) is -0.255.